The Hall–Kier alpha value is -2.91. The van der Waals surface area contributed by atoms with Crippen molar-refractivity contribution in [3.63, 3.8) is 0 Å². The van der Waals surface area contributed by atoms with Crippen molar-refractivity contribution in [1.82, 2.24) is 20.1 Å². The summed E-state index contributed by atoms with van der Waals surface area (Å²) in [5.41, 5.74) is 6.39. The number of aromatic nitrogens is 3. The summed E-state index contributed by atoms with van der Waals surface area (Å²) in [4.78, 5) is 24.0. The van der Waals surface area contributed by atoms with Gasteiger partial charge in [-0.1, -0.05) is 54.2 Å². The van der Waals surface area contributed by atoms with E-state index in [1.807, 2.05) is 35.8 Å². The van der Waals surface area contributed by atoms with E-state index in [1.165, 1.54) is 11.8 Å². The highest BCUT2D eigenvalue weighted by Gasteiger charge is 2.22. The summed E-state index contributed by atoms with van der Waals surface area (Å²) in [5, 5.41) is 14.6. The summed E-state index contributed by atoms with van der Waals surface area (Å²) in [6, 6.07) is 14.2. The van der Waals surface area contributed by atoms with Crippen LogP contribution in [-0.4, -0.2) is 45.0 Å². The number of nitrogens with zero attached hydrogens (tertiary/aromatic N) is 3. The number of nitrogens with one attached hydrogen (secondary N) is 1. The number of rotatable bonds is 10. The fourth-order valence-corrected chi connectivity index (χ4v) is 4.92. The SMILES string of the molecule is C[C@@H](NC(=O)CSc1nnc(CCC(N)=O)n1C[C@H]1CCCO1)c1cccc2ccccc12. The van der Waals surface area contributed by atoms with Crippen molar-refractivity contribution in [2.75, 3.05) is 12.4 Å². The van der Waals surface area contributed by atoms with Crippen LogP contribution in [-0.2, 0) is 27.3 Å². The Morgan fingerprint density at radius 1 is 1.24 bits per heavy atom. The Morgan fingerprint density at radius 3 is 2.85 bits per heavy atom. The lowest BCUT2D eigenvalue weighted by atomic mass is 10.00. The molecule has 33 heavy (non-hydrogen) atoms. The number of hydrogen-bond donors (Lipinski definition) is 2. The number of amides is 2. The van der Waals surface area contributed by atoms with Crippen LogP contribution in [0, 0.1) is 0 Å². The molecule has 0 aliphatic carbocycles. The van der Waals surface area contributed by atoms with Gasteiger partial charge in [-0.05, 0) is 36.1 Å². The molecule has 1 fully saturated rings. The summed E-state index contributed by atoms with van der Waals surface area (Å²) in [6.45, 7) is 3.35. The lowest BCUT2D eigenvalue weighted by Crippen LogP contribution is -2.28. The van der Waals surface area contributed by atoms with Crippen LogP contribution in [0.15, 0.2) is 47.6 Å². The second kappa shape index (κ2) is 10.8. The molecule has 2 atom stereocenters. The van der Waals surface area contributed by atoms with Crippen molar-refractivity contribution in [1.29, 1.82) is 0 Å². The third-order valence-corrected chi connectivity index (χ3v) is 6.77. The molecule has 8 nitrogen and oxygen atoms in total. The van der Waals surface area contributed by atoms with E-state index in [-0.39, 0.29) is 36.1 Å². The Bertz CT molecular complexity index is 1120. The van der Waals surface area contributed by atoms with E-state index >= 15 is 0 Å². The molecule has 0 bridgehead atoms. The van der Waals surface area contributed by atoms with Crippen molar-refractivity contribution in [2.24, 2.45) is 5.73 Å². The molecule has 1 aliphatic rings. The number of hydrogen-bond acceptors (Lipinski definition) is 6. The quantitative estimate of drug-likeness (QED) is 0.443. The molecule has 4 rings (SSSR count). The molecule has 9 heteroatoms. The fourth-order valence-electron chi connectivity index (χ4n) is 4.14. The molecule has 0 radical (unpaired) electrons. The van der Waals surface area contributed by atoms with Gasteiger partial charge in [0.25, 0.3) is 0 Å². The molecule has 0 saturated carbocycles. The molecule has 174 valence electrons. The molecule has 0 unspecified atom stereocenters. The molecule has 2 heterocycles. The van der Waals surface area contributed by atoms with Crippen LogP contribution in [0.3, 0.4) is 0 Å². The highest BCUT2D eigenvalue weighted by Crippen LogP contribution is 2.25. The molecule has 1 aliphatic heterocycles. The zero-order valence-corrected chi connectivity index (χ0v) is 19.5. The van der Waals surface area contributed by atoms with E-state index in [1.54, 1.807) is 0 Å². The number of primary amides is 1. The van der Waals surface area contributed by atoms with Crippen LogP contribution in [0.1, 0.15) is 43.6 Å². The Balaban J connectivity index is 1.41. The molecule has 1 saturated heterocycles. The zero-order valence-electron chi connectivity index (χ0n) is 18.7. The summed E-state index contributed by atoms with van der Waals surface area (Å²) in [5.74, 6) is 0.453. The molecular weight excluding hydrogens is 438 g/mol. The number of carbonyl (C=O) groups excluding carboxylic acids is 2. The topological polar surface area (TPSA) is 112 Å². The minimum atomic E-state index is -0.377. The third kappa shape index (κ3) is 5.91. The predicted octanol–water partition coefficient (Wildman–Crippen LogP) is 3.00. The molecule has 0 spiro atoms. The first-order valence-corrected chi connectivity index (χ1v) is 12.2. The summed E-state index contributed by atoms with van der Waals surface area (Å²) >= 11 is 1.34. The minimum absolute atomic E-state index is 0.0780. The second-order valence-electron chi connectivity index (χ2n) is 8.26. The Kier molecular flexibility index (Phi) is 7.61. The normalized spacial score (nSPS) is 16.7. The summed E-state index contributed by atoms with van der Waals surface area (Å²) in [7, 11) is 0. The standard InChI is InChI=1S/C24H29N5O3S/c1-16(19-10-4-7-17-6-2-3-9-20(17)19)26-23(31)15-33-24-28-27-22(12-11-21(25)30)29(24)14-18-8-5-13-32-18/h2-4,6-7,9-10,16,18H,5,8,11-15H2,1H3,(H2,25,30)(H,26,31)/t16-,18-/m1/s1. The van der Waals surface area contributed by atoms with E-state index in [2.05, 4.69) is 33.7 Å². The van der Waals surface area contributed by atoms with Gasteiger partial charge in [-0.15, -0.1) is 10.2 Å². The molecule has 1 aromatic heterocycles. The van der Waals surface area contributed by atoms with Crippen LogP contribution in [0.4, 0.5) is 0 Å². The van der Waals surface area contributed by atoms with Gasteiger partial charge in [0.2, 0.25) is 11.8 Å². The van der Waals surface area contributed by atoms with Gasteiger partial charge in [-0.2, -0.15) is 0 Å². The number of aryl methyl sites for hydroxylation is 1. The number of nitrogens with two attached hydrogens (primary N) is 1. The predicted molar refractivity (Wildman–Crippen MR) is 128 cm³/mol. The maximum Gasteiger partial charge on any atom is 0.230 e. The fraction of sp³-hybridized carbons (Fsp3) is 0.417. The highest BCUT2D eigenvalue weighted by molar-refractivity contribution is 7.99. The largest absolute Gasteiger partial charge is 0.376 e. The van der Waals surface area contributed by atoms with Crippen LogP contribution < -0.4 is 11.1 Å². The van der Waals surface area contributed by atoms with Crippen LogP contribution >= 0.6 is 11.8 Å². The average Bonchev–Trinajstić information content (AvgIpc) is 3.46. The second-order valence-corrected chi connectivity index (χ2v) is 9.20. The van der Waals surface area contributed by atoms with E-state index in [0.717, 1.165) is 35.8 Å². The van der Waals surface area contributed by atoms with Crippen molar-refractivity contribution in [2.45, 2.75) is 56.5 Å². The molecule has 3 N–H and O–H groups in total. The van der Waals surface area contributed by atoms with Gasteiger partial charge in [0.05, 0.1) is 24.4 Å². The van der Waals surface area contributed by atoms with E-state index in [9.17, 15) is 9.59 Å². The van der Waals surface area contributed by atoms with Crippen LogP contribution in [0.2, 0.25) is 0 Å². The monoisotopic (exact) mass is 467 g/mol. The van der Waals surface area contributed by atoms with Gasteiger partial charge >= 0.3 is 0 Å². The van der Waals surface area contributed by atoms with Crippen LogP contribution in [0.25, 0.3) is 10.8 Å². The molecular formula is C24H29N5O3S. The number of carbonyl (C=O) groups is 2. The Labute approximate surface area is 197 Å². The third-order valence-electron chi connectivity index (χ3n) is 5.80. The van der Waals surface area contributed by atoms with Crippen molar-refractivity contribution in [3.05, 3.63) is 53.9 Å². The lowest BCUT2D eigenvalue weighted by Gasteiger charge is -2.17. The molecule has 2 amide bonds. The zero-order chi connectivity index (χ0) is 23.2. The minimum Gasteiger partial charge on any atom is -0.376 e. The maximum absolute atomic E-state index is 12.7. The molecule has 3 aromatic rings. The van der Waals surface area contributed by atoms with Crippen molar-refractivity contribution in [3.8, 4) is 0 Å². The molecule has 2 aromatic carbocycles. The van der Waals surface area contributed by atoms with Gasteiger partial charge in [0.15, 0.2) is 5.16 Å². The van der Waals surface area contributed by atoms with Gasteiger partial charge in [0.1, 0.15) is 5.82 Å². The van der Waals surface area contributed by atoms with Gasteiger partial charge < -0.3 is 20.4 Å². The number of thioether (sulfide) groups is 1. The van der Waals surface area contributed by atoms with Crippen molar-refractivity contribution >= 4 is 34.3 Å². The van der Waals surface area contributed by atoms with E-state index < -0.39 is 0 Å². The first-order valence-electron chi connectivity index (χ1n) is 11.2. The Morgan fingerprint density at radius 2 is 2.06 bits per heavy atom. The smallest absolute Gasteiger partial charge is 0.230 e. The first-order chi connectivity index (χ1) is 16.0. The summed E-state index contributed by atoms with van der Waals surface area (Å²) in [6.07, 6.45) is 2.71. The first kappa shape index (κ1) is 23.3. The van der Waals surface area contributed by atoms with E-state index in [4.69, 9.17) is 10.5 Å². The van der Waals surface area contributed by atoms with Gasteiger partial charge in [-0.25, -0.2) is 0 Å². The van der Waals surface area contributed by atoms with E-state index in [0.29, 0.717) is 23.9 Å². The maximum atomic E-state index is 12.7. The number of ether oxygens (including phenoxy) is 1. The van der Waals surface area contributed by atoms with Crippen molar-refractivity contribution < 1.29 is 14.3 Å². The number of fused-ring (bicyclic) bond motifs is 1. The average molecular weight is 468 g/mol. The van der Waals surface area contributed by atoms with Crippen LogP contribution in [0.5, 0.6) is 0 Å². The van der Waals surface area contributed by atoms with Gasteiger partial charge in [0, 0.05) is 19.4 Å². The summed E-state index contributed by atoms with van der Waals surface area (Å²) < 4.78 is 7.73. The number of benzene rings is 2. The highest BCUT2D eigenvalue weighted by atomic mass is 32.2. The van der Waals surface area contributed by atoms with Gasteiger partial charge in [-0.3, -0.25) is 9.59 Å². The lowest BCUT2D eigenvalue weighted by molar-refractivity contribution is -0.119.